The minimum atomic E-state index is 0.0609. The van der Waals surface area contributed by atoms with Crippen LogP contribution in [0.15, 0.2) is 194 Å². The molecule has 0 saturated carbocycles. The van der Waals surface area contributed by atoms with E-state index in [1.54, 1.807) is 0 Å². The van der Waals surface area contributed by atoms with Crippen LogP contribution in [0.25, 0.3) is 88.7 Å². The maximum absolute atomic E-state index is 3.81. The topological polar surface area (TPSA) is 15.3 Å². The van der Waals surface area contributed by atoms with Crippen molar-refractivity contribution in [3.8, 4) is 77.9 Å². The molecule has 2 aliphatic heterocycles. The highest BCUT2D eigenvalue weighted by atomic mass is 15.3. The normalized spacial score (nSPS) is 14.1. The van der Waals surface area contributed by atoms with Crippen molar-refractivity contribution >= 4 is 27.8 Å². The fraction of sp³-hybridized carbons (Fsp3) is 0.0189. The summed E-state index contributed by atoms with van der Waals surface area (Å²) in [6, 6.07) is 71.6. The van der Waals surface area contributed by atoms with Crippen molar-refractivity contribution in [2.24, 2.45) is 0 Å². The molecule has 0 amide bonds. The average Bonchev–Trinajstić information content (AvgIpc) is 3.82. The SMILES string of the molecule is c1ccc(-c2cc(-c3ccc(-c4ccc5c(c4)N4c6ccccc6NC4c4ccccc4-5)cc3)c(-c3ccccc3)c3c2-c2cccc4cccc-3c24)cc1. The van der Waals surface area contributed by atoms with E-state index in [-0.39, 0.29) is 6.17 Å². The van der Waals surface area contributed by atoms with Gasteiger partial charge < -0.3 is 10.2 Å². The molecule has 9 aromatic carbocycles. The van der Waals surface area contributed by atoms with E-state index >= 15 is 0 Å². The number of benzene rings is 9. The van der Waals surface area contributed by atoms with Gasteiger partial charge in [0, 0.05) is 11.1 Å². The Bertz CT molecular complexity index is 2990. The molecular weight excluding hydrogens is 665 g/mol. The molecule has 1 unspecified atom stereocenters. The van der Waals surface area contributed by atoms with Gasteiger partial charge in [-0.25, -0.2) is 0 Å². The van der Waals surface area contributed by atoms with Crippen molar-refractivity contribution in [1.29, 1.82) is 0 Å². The number of nitrogens with one attached hydrogen (secondary N) is 1. The summed E-state index contributed by atoms with van der Waals surface area (Å²) in [5, 5.41) is 6.43. The molecule has 12 rings (SSSR count). The van der Waals surface area contributed by atoms with Gasteiger partial charge >= 0.3 is 0 Å². The number of fused-ring (bicyclic) bond motifs is 11. The van der Waals surface area contributed by atoms with E-state index < -0.39 is 0 Å². The second-order valence-corrected chi connectivity index (χ2v) is 14.9. The molecule has 9 aromatic rings. The van der Waals surface area contributed by atoms with Crippen LogP contribution < -0.4 is 10.2 Å². The highest BCUT2D eigenvalue weighted by Gasteiger charge is 2.37. The predicted molar refractivity (Wildman–Crippen MR) is 231 cm³/mol. The van der Waals surface area contributed by atoms with Gasteiger partial charge in [-0.1, -0.05) is 170 Å². The lowest BCUT2D eigenvalue weighted by molar-refractivity contribution is 0.819. The lowest BCUT2D eigenvalue weighted by Gasteiger charge is -2.35. The lowest BCUT2D eigenvalue weighted by Crippen LogP contribution is -2.27. The Labute approximate surface area is 320 Å². The number of para-hydroxylation sites is 2. The van der Waals surface area contributed by atoms with Crippen LogP contribution in [-0.4, -0.2) is 0 Å². The summed E-state index contributed by atoms with van der Waals surface area (Å²) in [6.07, 6.45) is 0.0609. The molecule has 0 aromatic heterocycles. The molecule has 0 saturated heterocycles. The Balaban J connectivity index is 1.05. The van der Waals surface area contributed by atoms with Crippen LogP contribution >= 0.6 is 0 Å². The molecule has 0 radical (unpaired) electrons. The van der Waals surface area contributed by atoms with Crippen LogP contribution in [0.1, 0.15) is 11.7 Å². The van der Waals surface area contributed by atoms with E-state index in [0.29, 0.717) is 0 Å². The van der Waals surface area contributed by atoms with Crippen LogP contribution in [0, 0.1) is 0 Å². The third kappa shape index (κ3) is 4.43. The molecule has 2 heterocycles. The van der Waals surface area contributed by atoms with Gasteiger partial charge in [0.2, 0.25) is 0 Å². The van der Waals surface area contributed by atoms with E-state index in [1.807, 2.05) is 0 Å². The van der Waals surface area contributed by atoms with E-state index in [1.165, 1.54) is 111 Å². The van der Waals surface area contributed by atoms with Gasteiger partial charge in [-0.2, -0.15) is 0 Å². The van der Waals surface area contributed by atoms with Gasteiger partial charge in [-0.15, -0.1) is 0 Å². The van der Waals surface area contributed by atoms with Crippen LogP contribution in [0.4, 0.5) is 17.1 Å². The highest BCUT2D eigenvalue weighted by molar-refractivity contribution is 6.22. The third-order valence-corrected chi connectivity index (χ3v) is 12.0. The minimum Gasteiger partial charge on any atom is -0.359 e. The van der Waals surface area contributed by atoms with Gasteiger partial charge in [-0.3, -0.25) is 0 Å². The van der Waals surface area contributed by atoms with Crippen LogP contribution in [0.3, 0.4) is 0 Å². The highest BCUT2D eigenvalue weighted by Crippen LogP contribution is 2.58. The van der Waals surface area contributed by atoms with Crippen molar-refractivity contribution in [2.45, 2.75) is 6.17 Å². The number of nitrogens with zero attached hydrogens (tertiary/aromatic N) is 1. The first-order chi connectivity index (χ1) is 27.3. The Morgan fingerprint density at radius 1 is 0.345 bits per heavy atom. The predicted octanol–water partition coefficient (Wildman–Crippen LogP) is 14.4. The lowest BCUT2D eigenvalue weighted by atomic mass is 9.82. The summed E-state index contributed by atoms with van der Waals surface area (Å²) in [5.74, 6) is 0. The Morgan fingerprint density at radius 3 is 1.75 bits per heavy atom. The average molecular weight is 699 g/mol. The third-order valence-electron chi connectivity index (χ3n) is 12.0. The molecule has 2 nitrogen and oxygen atoms in total. The zero-order valence-corrected chi connectivity index (χ0v) is 30.0. The number of hydrogen-bond donors (Lipinski definition) is 1. The molecule has 1 atom stereocenters. The van der Waals surface area contributed by atoms with Crippen molar-refractivity contribution < 1.29 is 0 Å². The first-order valence-corrected chi connectivity index (χ1v) is 19.1. The number of anilines is 3. The molecule has 256 valence electrons. The standard InChI is InChI=1S/C53H34N2/c1-3-13-34(14-4-1)45-32-44(50(37-15-5-2-6-16-37)52-43-22-12-18-36-17-11-21-42(49(36)43)51(45)52)35-27-25-33(26-28-35)38-29-30-40-39-19-7-8-20-41(39)53-54-46-23-9-10-24-47(46)55(53)48(40)31-38/h1-32,53-54H. The quantitative estimate of drug-likeness (QED) is 0.197. The second-order valence-electron chi connectivity index (χ2n) is 14.9. The number of hydrogen-bond acceptors (Lipinski definition) is 2. The molecule has 0 fully saturated rings. The Kier molecular flexibility index (Phi) is 6.43. The van der Waals surface area contributed by atoms with Gasteiger partial charge in [0.1, 0.15) is 6.17 Å². The zero-order valence-electron chi connectivity index (χ0n) is 30.0. The van der Waals surface area contributed by atoms with Crippen molar-refractivity contribution in [2.75, 3.05) is 10.2 Å². The van der Waals surface area contributed by atoms with E-state index in [0.717, 1.165) is 0 Å². The van der Waals surface area contributed by atoms with Gasteiger partial charge in [-0.05, 0) is 107 Å². The second kappa shape index (κ2) is 11.7. The van der Waals surface area contributed by atoms with Crippen LogP contribution in [0.5, 0.6) is 0 Å². The van der Waals surface area contributed by atoms with E-state index in [4.69, 9.17) is 0 Å². The molecule has 0 bridgehead atoms. The molecule has 2 heteroatoms. The Hall–Kier alpha value is -7.16. The van der Waals surface area contributed by atoms with Gasteiger partial charge in [0.15, 0.2) is 0 Å². The fourth-order valence-electron chi connectivity index (χ4n) is 9.57. The largest absolute Gasteiger partial charge is 0.359 e. The summed E-state index contributed by atoms with van der Waals surface area (Å²) >= 11 is 0. The molecule has 55 heavy (non-hydrogen) atoms. The van der Waals surface area contributed by atoms with E-state index in [9.17, 15) is 0 Å². The van der Waals surface area contributed by atoms with Crippen LogP contribution in [0.2, 0.25) is 0 Å². The molecule has 1 aliphatic carbocycles. The molecule has 0 spiro atoms. The monoisotopic (exact) mass is 698 g/mol. The molecular formula is C53H34N2. The van der Waals surface area contributed by atoms with Gasteiger partial charge in [0.05, 0.1) is 17.1 Å². The maximum atomic E-state index is 3.81. The van der Waals surface area contributed by atoms with Crippen molar-refractivity contribution in [3.63, 3.8) is 0 Å². The maximum Gasteiger partial charge on any atom is 0.131 e. The van der Waals surface area contributed by atoms with Gasteiger partial charge in [0.25, 0.3) is 0 Å². The smallest absolute Gasteiger partial charge is 0.131 e. The van der Waals surface area contributed by atoms with Crippen molar-refractivity contribution in [3.05, 3.63) is 200 Å². The molecule has 3 aliphatic rings. The minimum absolute atomic E-state index is 0.0609. The van der Waals surface area contributed by atoms with Crippen molar-refractivity contribution in [1.82, 2.24) is 0 Å². The summed E-state index contributed by atoms with van der Waals surface area (Å²) in [7, 11) is 0. The number of rotatable bonds is 4. The summed E-state index contributed by atoms with van der Waals surface area (Å²) in [6.45, 7) is 0. The van der Waals surface area contributed by atoms with E-state index in [2.05, 4.69) is 204 Å². The first-order valence-electron chi connectivity index (χ1n) is 19.1. The Morgan fingerprint density at radius 2 is 0.945 bits per heavy atom. The van der Waals surface area contributed by atoms with Crippen LogP contribution in [-0.2, 0) is 0 Å². The summed E-state index contributed by atoms with van der Waals surface area (Å²) in [5.41, 5.74) is 22.6. The molecule has 1 N–H and O–H groups in total. The summed E-state index contributed by atoms with van der Waals surface area (Å²) in [4.78, 5) is 2.48. The fourth-order valence-corrected chi connectivity index (χ4v) is 9.57. The zero-order chi connectivity index (χ0) is 36.0. The first kappa shape index (κ1) is 30.3. The summed E-state index contributed by atoms with van der Waals surface area (Å²) < 4.78 is 0.